The van der Waals surface area contributed by atoms with Crippen LogP contribution < -0.4 is 11.5 Å². The molecule has 5 nitrogen and oxygen atoms in total. The molecule has 0 aliphatic rings. The number of benzene rings is 2. The number of aromatic nitrogens is 1. The van der Waals surface area contributed by atoms with Crippen LogP contribution >= 0.6 is 78.3 Å². The number of hydrogen-bond donors (Lipinski definition) is 2. The van der Waals surface area contributed by atoms with Crippen LogP contribution in [-0.4, -0.2) is 15.1 Å². The first-order chi connectivity index (χ1) is 14.3. The van der Waals surface area contributed by atoms with Crippen LogP contribution in [0.25, 0.3) is 10.9 Å². The number of carbonyl (C=O) groups excluding carboxylic acids is 1. The minimum atomic E-state index is -1.74. The fourth-order valence-electron chi connectivity index (χ4n) is 1.85. The number of halogens is 8. The predicted octanol–water partition coefficient (Wildman–Crippen LogP) is 7.24. The van der Waals surface area contributed by atoms with Crippen molar-refractivity contribution in [3.05, 3.63) is 61.5 Å². The Bertz CT molecular complexity index is 1150. The lowest BCUT2D eigenvalue weighted by Gasteiger charge is -2.03. The second-order valence-electron chi connectivity index (χ2n) is 5.38. The molecule has 1 heterocycles. The molecule has 0 atom stereocenters. The number of alkyl halides is 3. The predicted molar refractivity (Wildman–Crippen MR) is 129 cm³/mol. The number of nitrogens with two attached hydrogens (primary N) is 2. The fraction of sp³-hybridized carbons (Fsp3) is 0.0556. The number of nitriles is 1. The highest BCUT2D eigenvalue weighted by Crippen LogP contribution is 2.28. The minimum absolute atomic E-state index is 0.116. The van der Waals surface area contributed by atoms with Gasteiger partial charge in [-0.2, -0.15) is 5.26 Å². The summed E-state index contributed by atoms with van der Waals surface area (Å²) >= 11 is 26.4. The van der Waals surface area contributed by atoms with Gasteiger partial charge in [0, 0.05) is 10.9 Å². The molecule has 0 aliphatic heterocycles. The number of fused-ring (bicyclic) bond motifs is 1. The molecular weight excluding hydrogens is 628 g/mol. The zero-order valence-corrected chi connectivity index (χ0v) is 21.1. The number of carbonyl (C=O) groups is 1. The van der Waals surface area contributed by atoms with E-state index in [1.54, 1.807) is 18.2 Å². The quantitative estimate of drug-likeness (QED) is 0.166. The van der Waals surface area contributed by atoms with Crippen LogP contribution in [0.4, 0.5) is 20.3 Å². The van der Waals surface area contributed by atoms with E-state index in [2.05, 4.69) is 36.8 Å². The summed E-state index contributed by atoms with van der Waals surface area (Å²) in [6.07, 6.45) is 0.519. The third kappa shape index (κ3) is 8.22. The molecule has 0 spiro atoms. The molecule has 3 aromatic rings. The lowest BCUT2D eigenvalue weighted by molar-refractivity contribution is 0.112. The van der Waals surface area contributed by atoms with Gasteiger partial charge in [-0.15, -0.1) is 0 Å². The Hall–Kier alpha value is -1.41. The van der Waals surface area contributed by atoms with E-state index >= 15 is 0 Å². The maximum atomic E-state index is 13.5. The van der Waals surface area contributed by atoms with Crippen molar-refractivity contribution in [2.24, 2.45) is 0 Å². The first-order valence-corrected chi connectivity index (χ1v) is 10.8. The van der Waals surface area contributed by atoms with E-state index in [1.165, 1.54) is 18.2 Å². The van der Waals surface area contributed by atoms with Gasteiger partial charge >= 0.3 is 0 Å². The number of rotatable bonds is 1. The Kier molecular flexibility index (Phi) is 10.7. The van der Waals surface area contributed by atoms with Gasteiger partial charge in [-0.1, -0.05) is 52.5 Å². The van der Waals surface area contributed by atoms with E-state index in [1.807, 2.05) is 0 Å². The molecule has 0 fully saturated rings. The second-order valence-corrected chi connectivity index (χ2v) is 9.78. The van der Waals surface area contributed by atoms with Gasteiger partial charge in [0.05, 0.1) is 19.7 Å². The minimum Gasteiger partial charge on any atom is -0.396 e. The molecule has 0 aliphatic carbocycles. The average molecular weight is 638 g/mol. The molecule has 0 unspecified atom stereocenters. The van der Waals surface area contributed by atoms with Crippen LogP contribution in [0.1, 0.15) is 10.4 Å². The standard InChI is InChI=1S/C9H5BrClFN2.C7H5BrFNO.C2Cl3N/c10-5-2-1-4-3-6(11)9(13)14-8(4)7(5)12;8-5-2-1-4(3-11)7(10)6(5)9;3-2(4,5)1-6/h1-3H,(H2,13,14);1-3H,10H2;. The van der Waals surface area contributed by atoms with Crippen molar-refractivity contribution < 1.29 is 13.6 Å². The lowest BCUT2D eigenvalue weighted by atomic mass is 10.2. The van der Waals surface area contributed by atoms with E-state index in [0.29, 0.717) is 21.2 Å². The maximum Gasteiger partial charge on any atom is 0.277 e. The number of aldehydes is 1. The van der Waals surface area contributed by atoms with Crippen LogP contribution in [0.5, 0.6) is 0 Å². The number of anilines is 2. The Morgan fingerprint density at radius 2 is 1.58 bits per heavy atom. The Labute approximate surface area is 212 Å². The molecular formula is C18H10Br2Cl4F2N4O. The molecule has 0 amide bonds. The number of nitrogens with zero attached hydrogens (tertiary/aromatic N) is 2. The normalized spacial score (nSPS) is 10.3. The number of pyridine rings is 1. The van der Waals surface area contributed by atoms with Gasteiger partial charge in [0.1, 0.15) is 17.4 Å². The molecule has 0 radical (unpaired) electrons. The number of nitrogen functional groups attached to an aromatic ring is 2. The molecule has 3 rings (SSSR count). The summed E-state index contributed by atoms with van der Waals surface area (Å²) in [4.78, 5) is 14.1. The summed E-state index contributed by atoms with van der Waals surface area (Å²) in [6.45, 7) is 0. The van der Waals surface area contributed by atoms with Crippen LogP contribution in [0.2, 0.25) is 5.02 Å². The van der Waals surface area contributed by atoms with Crippen LogP contribution in [0, 0.1) is 23.0 Å². The first kappa shape index (κ1) is 27.6. The summed E-state index contributed by atoms with van der Waals surface area (Å²) in [5, 5.41) is 8.72. The Morgan fingerprint density at radius 1 is 1.06 bits per heavy atom. The highest BCUT2D eigenvalue weighted by molar-refractivity contribution is 9.10. The molecule has 0 saturated heterocycles. The monoisotopic (exact) mass is 634 g/mol. The smallest absolute Gasteiger partial charge is 0.277 e. The summed E-state index contributed by atoms with van der Waals surface area (Å²) in [6, 6.07) is 9.21. The molecule has 4 N–H and O–H groups in total. The van der Waals surface area contributed by atoms with E-state index < -0.39 is 15.4 Å². The van der Waals surface area contributed by atoms with Crippen molar-refractivity contribution in [1.82, 2.24) is 4.98 Å². The van der Waals surface area contributed by atoms with Gasteiger partial charge in [0.25, 0.3) is 3.79 Å². The summed E-state index contributed by atoms with van der Waals surface area (Å²) in [7, 11) is 0. The molecule has 31 heavy (non-hydrogen) atoms. The van der Waals surface area contributed by atoms with Crippen molar-refractivity contribution >= 4 is 107 Å². The van der Waals surface area contributed by atoms with Gasteiger partial charge in [-0.3, -0.25) is 4.79 Å². The topological polar surface area (TPSA) is 106 Å². The maximum absolute atomic E-state index is 13.5. The van der Waals surface area contributed by atoms with Crippen molar-refractivity contribution in [3.8, 4) is 6.07 Å². The number of hydrogen-bond acceptors (Lipinski definition) is 5. The van der Waals surface area contributed by atoms with Crippen molar-refractivity contribution in [3.63, 3.8) is 0 Å². The van der Waals surface area contributed by atoms with Gasteiger partial charge in [0.15, 0.2) is 17.9 Å². The van der Waals surface area contributed by atoms with Gasteiger partial charge in [0.2, 0.25) is 0 Å². The summed E-state index contributed by atoms with van der Waals surface area (Å²) in [5.41, 5.74) is 11.0. The molecule has 0 saturated carbocycles. The molecule has 0 bridgehead atoms. The zero-order chi connectivity index (χ0) is 23.9. The van der Waals surface area contributed by atoms with E-state index in [4.69, 9.17) is 63.1 Å². The van der Waals surface area contributed by atoms with Crippen LogP contribution in [0.3, 0.4) is 0 Å². The fourth-order valence-corrected chi connectivity index (χ4v) is 2.68. The summed E-state index contributed by atoms with van der Waals surface area (Å²) in [5.74, 6) is -0.878. The highest BCUT2D eigenvalue weighted by atomic mass is 79.9. The zero-order valence-electron chi connectivity index (χ0n) is 14.9. The third-order valence-electron chi connectivity index (χ3n) is 3.28. The molecule has 164 valence electrons. The van der Waals surface area contributed by atoms with Crippen LogP contribution in [0.15, 0.2) is 39.3 Å². The van der Waals surface area contributed by atoms with Crippen LogP contribution in [-0.2, 0) is 0 Å². The Balaban J connectivity index is 0.000000253. The van der Waals surface area contributed by atoms with Gasteiger partial charge in [-0.25, -0.2) is 13.8 Å². The Morgan fingerprint density at radius 3 is 2.10 bits per heavy atom. The largest absolute Gasteiger partial charge is 0.396 e. The summed E-state index contributed by atoms with van der Waals surface area (Å²) < 4.78 is 25.2. The molecule has 1 aromatic heterocycles. The highest BCUT2D eigenvalue weighted by Gasteiger charge is 2.16. The van der Waals surface area contributed by atoms with E-state index in [-0.39, 0.29) is 27.1 Å². The third-order valence-corrected chi connectivity index (χ3v) is 5.06. The molecule has 2 aromatic carbocycles. The second kappa shape index (κ2) is 12.0. The average Bonchev–Trinajstić information content (AvgIpc) is 2.71. The van der Waals surface area contributed by atoms with E-state index in [9.17, 15) is 13.6 Å². The van der Waals surface area contributed by atoms with Crippen molar-refractivity contribution in [1.29, 1.82) is 5.26 Å². The van der Waals surface area contributed by atoms with Crippen molar-refractivity contribution in [2.75, 3.05) is 11.5 Å². The first-order valence-electron chi connectivity index (χ1n) is 7.68. The van der Waals surface area contributed by atoms with Gasteiger partial charge < -0.3 is 11.5 Å². The van der Waals surface area contributed by atoms with Gasteiger partial charge in [-0.05, 0) is 56.1 Å². The SMILES string of the molecule is N#CC(Cl)(Cl)Cl.Nc1c(C=O)ccc(Br)c1F.Nc1nc2c(F)c(Br)ccc2cc1Cl. The lowest BCUT2D eigenvalue weighted by Crippen LogP contribution is -1.97. The molecule has 13 heteroatoms. The van der Waals surface area contributed by atoms with E-state index in [0.717, 1.165) is 0 Å². The van der Waals surface area contributed by atoms with Crippen molar-refractivity contribution in [2.45, 2.75) is 3.79 Å².